The van der Waals surface area contributed by atoms with Gasteiger partial charge in [0, 0.05) is 25.5 Å². The van der Waals surface area contributed by atoms with Crippen molar-refractivity contribution in [1.82, 2.24) is 15.2 Å². The van der Waals surface area contributed by atoms with E-state index < -0.39 is 0 Å². The lowest BCUT2D eigenvalue weighted by atomic mass is 10.2. The number of hydrogen-bond acceptors (Lipinski definition) is 6. The van der Waals surface area contributed by atoms with Crippen LogP contribution in [0.25, 0.3) is 6.08 Å². The first-order valence-corrected chi connectivity index (χ1v) is 9.24. The molecule has 1 aliphatic heterocycles. The molecule has 9 heteroatoms. The summed E-state index contributed by atoms with van der Waals surface area (Å²) in [6, 6.07) is 6.82. The Kier molecular flexibility index (Phi) is 5.52. The molecule has 0 radical (unpaired) electrons. The molecule has 0 spiro atoms. The second-order valence-corrected chi connectivity index (χ2v) is 7.69. The van der Waals surface area contributed by atoms with Gasteiger partial charge >= 0.3 is 0 Å². The zero-order chi connectivity index (χ0) is 17.8. The van der Waals surface area contributed by atoms with E-state index in [4.69, 9.17) is 11.6 Å². The van der Waals surface area contributed by atoms with Crippen LogP contribution in [0.1, 0.15) is 15.2 Å². The van der Waals surface area contributed by atoms with Crippen LogP contribution in [0.15, 0.2) is 41.6 Å². The third kappa shape index (κ3) is 4.28. The fourth-order valence-corrected chi connectivity index (χ4v) is 3.93. The van der Waals surface area contributed by atoms with Crippen molar-refractivity contribution in [2.24, 2.45) is 0 Å². The standard InChI is InChI=1S/C16H12ClN3O3S2/c17-13-4-3-11(24-13)14(21)19-6-7-20-15(22)12(25-16(20)23)8-10-2-1-5-18-9-10/h1-5,8-9H,6-7H2,(H,19,21). The van der Waals surface area contributed by atoms with Crippen LogP contribution >= 0.6 is 34.7 Å². The summed E-state index contributed by atoms with van der Waals surface area (Å²) < 4.78 is 0.525. The lowest BCUT2D eigenvalue weighted by Gasteiger charge is -2.12. The van der Waals surface area contributed by atoms with Crippen LogP contribution in [-0.4, -0.2) is 40.0 Å². The Morgan fingerprint density at radius 1 is 1.32 bits per heavy atom. The van der Waals surface area contributed by atoms with E-state index >= 15 is 0 Å². The van der Waals surface area contributed by atoms with Gasteiger partial charge in [0.15, 0.2) is 0 Å². The number of thiophene rings is 1. The Morgan fingerprint density at radius 3 is 2.84 bits per heavy atom. The highest BCUT2D eigenvalue weighted by Crippen LogP contribution is 2.31. The molecule has 3 rings (SSSR count). The Labute approximate surface area is 156 Å². The predicted octanol–water partition coefficient (Wildman–Crippen LogP) is 3.26. The molecular weight excluding hydrogens is 382 g/mol. The maximum absolute atomic E-state index is 12.3. The minimum absolute atomic E-state index is 0.111. The fourth-order valence-electron chi connectivity index (χ4n) is 2.11. The molecule has 3 amide bonds. The lowest BCUT2D eigenvalue weighted by Crippen LogP contribution is -2.37. The summed E-state index contributed by atoms with van der Waals surface area (Å²) in [7, 11) is 0. The lowest BCUT2D eigenvalue weighted by molar-refractivity contribution is -0.122. The van der Waals surface area contributed by atoms with E-state index in [2.05, 4.69) is 10.3 Å². The van der Waals surface area contributed by atoms with Crippen LogP contribution in [0.3, 0.4) is 0 Å². The van der Waals surface area contributed by atoms with E-state index in [1.165, 1.54) is 11.3 Å². The molecule has 2 aromatic rings. The van der Waals surface area contributed by atoms with E-state index in [9.17, 15) is 14.4 Å². The smallest absolute Gasteiger partial charge is 0.293 e. The van der Waals surface area contributed by atoms with Crippen LogP contribution < -0.4 is 5.32 Å². The molecule has 0 aromatic carbocycles. The molecule has 0 atom stereocenters. The maximum Gasteiger partial charge on any atom is 0.293 e. The van der Waals surface area contributed by atoms with Gasteiger partial charge in [-0.15, -0.1) is 11.3 Å². The van der Waals surface area contributed by atoms with Crippen molar-refractivity contribution in [2.75, 3.05) is 13.1 Å². The Hall–Kier alpha value is -2.16. The topological polar surface area (TPSA) is 79.4 Å². The number of thioether (sulfide) groups is 1. The van der Waals surface area contributed by atoms with Crippen LogP contribution in [0, 0.1) is 0 Å². The van der Waals surface area contributed by atoms with Crippen molar-refractivity contribution in [3.05, 3.63) is 56.3 Å². The van der Waals surface area contributed by atoms with Gasteiger partial charge in [0.2, 0.25) is 0 Å². The molecule has 128 valence electrons. The maximum atomic E-state index is 12.3. The van der Waals surface area contributed by atoms with Gasteiger partial charge in [-0.25, -0.2) is 0 Å². The van der Waals surface area contributed by atoms with Gasteiger partial charge in [-0.3, -0.25) is 24.3 Å². The molecule has 6 nitrogen and oxygen atoms in total. The van der Waals surface area contributed by atoms with Crippen LogP contribution in [0.5, 0.6) is 0 Å². The van der Waals surface area contributed by atoms with Gasteiger partial charge in [0.1, 0.15) is 0 Å². The minimum Gasteiger partial charge on any atom is -0.350 e. The van der Waals surface area contributed by atoms with Crippen molar-refractivity contribution >= 4 is 57.8 Å². The van der Waals surface area contributed by atoms with Gasteiger partial charge in [-0.1, -0.05) is 17.7 Å². The highest BCUT2D eigenvalue weighted by Gasteiger charge is 2.34. The number of carbonyl (C=O) groups is 3. The Balaban J connectivity index is 1.58. The van der Waals surface area contributed by atoms with Gasteiger partial charge in [0.25, 0.3) is 17.1 Å². The molecule has 1 aliphatic rings. The summed E-state index contributed by atoms with van der Waals surface area (Å²) in [5.74, 6) is -0.651. The molecule has 1 N–H and O–H groups in total. The van der Waals surface area contributed by atoms with Gasteiger partial charge < -0.3 is 5.32 Å². The predicted molar refractivity (Wildman–Crippen MR) is 98.6 cm³/mol. The van der Waals surface area contributed by atoms with Crippen molar-refractivity contribution < 1.29 is 14.4 Å². The normalized spacial score (nSPS) is 15.9. The first kappa shape index (κ1) is 17.7. The van der Waals surface area contributed by atoms with Crippen LogP contribution in [-0.2, 0) is 4.79 Å². The highest BCUT2D eigenvalue weighted by molar-refractivity contribution is 8.18. The largest absolute Gasteiger partial charge is 0.350 e. The summed E-state index contributed by atoms with van der Waals surface area (Å²) in [4.78, 5) is 42.2. The Morgan fingerprint density at radius 2 is 2.16 bits per heavy atom. The summed E-state index contributed by atoms with van der Waals surface area (Å²) in [5, 5.41) is 2.32. The summed E-state index contributed by atoms with van der Waals surface area (Å²) >= 11 is 7.84. The van der Waals surface area contributed by atoms with Crippen molar-refractivity contribution in [3.8, 4) is 0 Å². The van der Waals surface area contributed by atoms with Gasteiger partial charge in [-0.2, -0.15) is 0 Å². The summed E-state index contributed by atoms with van der Waals surface area (Å²) in [6.45, 7) is 0.284. The average Bonchev–Trinajstić information content (AvgIpc) is 3.14. The molecule has 25 heavy (non-hydrogen) atoms. The zero-order valence-electron chi connectivity index (χ0n) is 12.8. The van der Waals surface area contributed by atoms with E-state index in [1.54, 1.807) is 42.7 Å². The highest BCUT2D eigenvalue weighted by atomic mass is 35.5. The SMILES string of the molecule is O=C(NCCN1C(=O)SC(=Cc2cccnc2)C1=O)c1ccc(Cl)s1. The molecule has 1 saturated heterocycles. The first-order chi connectivity index (χ1) is 12.0. The number of carbonyl (C=O) groups excluding carboxylic acids is 3. The minimum atomic E-state index is -0.368. The quantitative estimate of drug-likeness (QED) is 0.788. The third-order valence-electron chi connectivity index (χ3n) is 3.27. The monoisotopic (exact) mass is 393 g/mol. The second-order valence-electron chi connectivity index (χ2n) is 4.98. The number of hydrogen-bond donors (Lipinski definition) is 1. The molecule has 1 fully saturated rings. The number of rotatable bonds is 5. The molecule has 2 aromatic heterocycles. The molecule has 0 unspecified atom stereocenters. The second kappa shape index (κ2) is 7.81. The van der Waals surface area contributed by atoms with Crippen LogP contribution in [0.2, 0.25) is 4.34 Å². The number of halogens is 1. The van der Waals surface area contributed by atoms with Crippen molar-refractivity contribution in [3.63, 3.8) is 0 Å². The number of pyridine rings is 1. The number of imide groups is 1. The van der Waals surface area contributed by atoms with Crippen molar-refractivity contribution in [1.29, 1.82) is 0 Å². The molecule has 0 saturated carbocycles. The van der Waals surface area contributed by atoms with Gasteiger partial charge in [0.05, 0.1) is 14.1 Å². The molecular formula is C16H12ClN3O3S2. The van der Waals surface area contributed by atoms with Crippen molar-refractivity contribution in [2.45, 2.75) is 0 Å². The van der Waals surface area contributed by atoms with Crippen LogP contribution in [0.4, 0.5) is 4.79 Å². The molecule has 0 bridgehead atoms. The Bertz CT molecular complexity index is 851. The molecule has 0 aliphatic carbocycles. The molecule has 3 heterocycles. The number of nitrogens with one attached hydrogen (secondary N) is 1. The van der Waals surface area contributed by atoms with E-state index in [0.717, 1.165) is 22.2 Å². The zero-order valence-corrected chi connectivity index (χ0v) is 15.2. The number of amides is 3. The van der Waals surface area contributed by atoms with E-state index in [0.29, 0.717) is 14.1 Å². The van der Waals surface area contributed by atoms with Gasteiger partial charge in [-0.05, 0) is 41.6 Å². The summed E-state index contributed by atoms with van der Waals surface area (Å²) in [6.07, 6.45) is 4.87. The average molecular weight is 394 g/mol. The van der Waals surface area contributed by atoms with E-state index in [-0.39, 0.29) is 30.1 Å². The number of aromatic nitrogens is 1. The number of nitrogens with zero attached hydrogens (tertiary/aromatic N) is 2. The van der Waals surface area contributed by atoms with E-state index in [1.807, 2.05) is 0 Å². The third-order valence-corrected chi connectivity index (χ3v) is 5.41. The fraction of sp³-hybridized carbons (Fsp3) is 0.125. The first-order valence-electron chi connectivity index (χ1n) is 7.23. The summed E-state index contributed by atoms with van der Waals surface area (Å²) in [5.41, 5.74) is 0.746.